The van der Waals surface area contributed by atoms with Gasteiger partial charge in [-0.15, -0.1) is 22.7 Å². The van der Waals surface area contributed by atoms with Gasteiger partial charge in [0.2, 0.25) is 5.69 Å². The smallest absolute Gasteiger partial charge is 0.291 e. The van der Waals surface area contributed by atoms with Gasteiger partial charge < -0.3 is 0 Å². The Balaban J connectivity index is 2.07. The monoisotopic (exact) mass is 441 g/mol. The van der Waals surface area contributed by atoms with Crippen LogP contribution in [-0.4, -0.2) is 18.1 Å². The minimum absolute atomic E-state index is 0.219. The van der Waals surface area contributed by atoms with Gasteiger partial charge in [0.05, 0.1) is 11.3 Å². The molecule has 0 atom stereocenters. The van der Waals surface area contributed by atoms with Gasteiger partial charge in [0.1, 0.15) is 0 Å². The number of thiophene rings is 2. The highest BCUT2D eigenvalue weighted by molar-refractivity contribution is 7.12. The molecule has 4 rings (SSSR count). The summed E-state index contributed by atoms with van der Waals surface area (Å²) in [6.45, 7) is 7.83. The highest BCUT2D eigenvalue weighted by Crippen LogP contribution is 2.47. The van der Waals surface area contributed by atoms with Crippen LogP contribution in [0.1, 0.15) is 36.3 Å². The fourth-order valence-corrected chi connectivity index (χ4v) is 5.71. The van der Waals surface area contributed by atoms with Gasteiger partial charge in [-0.05, 0) is 51.5 Å². The molecule has 30 heavy (non-hydrogen) atoms. The second-order valence-corrected chi connectivity index (χ2v) is 10.1. The van der Waals surface area contributed by atoms with Crippen molar-refractivity contribution in [2.45, 2.75) is 27.7 Å². The van der Waals surface area contributed by atoms with E-state index < -0.39 is 13.3 Å². The quantitative estimate of drug-likeness (QED) is 0.487. The van der Waals surface area contributed by atoms with E-state index in [4.69, 9.17) is 0 Å². The van der Waals surface area contributed by atoms with Crippen molar-refractivity contribution in [3.63, 3.8) is 0 Å². The summed E-state index contributed by atoms with van der Waals surface area (Å²) in [7, 11) is -2.94. The maximum Gasteiger partial charge on any atom is 0.680 e. The van der Waals surface area contributed by atoms with E-state index in [0.29, 0.717) is 21.7 Å². The molecule has 1 aliphatic heterocycles. The second-order valence-electron chi connectivity index (χ2n) is 7.20. The molecule has 0 saturated carbocycles. The number of hydrogen-bond donors (Lipinski definition) is 0. The van der Waals surface area contributed by atoms with Crippen LogP contribution in [0.3, 0.4) is 0 Å². The van der Waals surface area contributed by atoms with Crippen molar-refractivity contribution in [2.24, 2.45) is 0 Å². The van der Waals surface area contributed by atoms with Gasteiger partial charge in [-0.1, -0.05) is 0 Å². The van der Waals surface area contributed by atoms with Gasteiger partial charge in [0, 0.05) is 48.9 Å². The van der Waals surface area contributed by atoms with E-state index in [1.165, 1.54) is 0 Å². The lowest BCUT2D eigenvalue weighted by molar-refractivity contribution is -0.380. The molecule has 8 heteroatoms. The Hall–Kier alpha value is -2.58. The van der Waals surface area contributed by atoms with Crippen molar-refractivity contribution < 1.29 is 18.4 Å². The zero-order chi connectivity index (χ0) is 21.6. The second kappa shape index (κ2) is 7.93. The van der Waals surface area contributed by atoms with Crippen molar-refractivity contribution in [2.75, 3.05) is 0 Å². The number of aromatic amines is 1. The number of hydrogen-bond acceptors (Lipinski definition) is 3. The number of rotatable bonds is 4. The Labute approximate surface area is 182 Å². The zero-order valence-corrected chi connectivity index (χ0v) is 18.7. The van der Waals surface area contributed by atoms with E-state index in [2.05, 4.69) is 4.98 Å². The number of carbonyl (C=O) groups is 1. The molecule has 0 spiro atoms. The Morgan fingerprint density at radius 3 is 2.03 bits per heavy atom. The molecule has 0 bridgehead atoms. The van der Waals surface area contributed by atoms with Crippen molar-refractivity contribution in [1.82, 2.24) is 4.81 Å². The van der Waals surface area contributed by atoms with Crippen LogP contribution in [0.4, 0.5) is 8.63 Å². The van der Waals surface area contributed by atoms with Gasteiger partial charge in [0.15, 0.2) is 6.20 Å². The maximum atomic E-state index is 14.2. The van der Waals surface area contributed by atoms with Gasteiger partial charge >= 0.3 is 7.40 Å². The number of carbonyl (C=O) groups excluding carboxylic acids is 1. The van der Waals surface area contributed by atoms with E-state index in [1.54, 1.807) is 41.0 Å². The fourth-order valence-electron chi connectivity index (χ4n) is 3.85. The van der Waals surface area contributed by atoms with E-state index >= 15 is 0 Å². The molecule has 0 saturated heterocycles. The summed E-state index contributed by atoms with van der Waals surface area (Å²) in [5.74, 6) is -0.661. The third-order valence-electron chi connectivity index (χ3n) is 5.04. The summed E-state index contributed by atoms with van der Waals surface area (Å²) in [5.41, 5.74) is 3.34. The van der Waals surface area contributed by atoms with Crippen LogP contribution in [0.2, 0.25) is 0 Å². The van der Waals surface area contributed by atoms with Gasteiger partial charge in [-0.25, -0.2) is 4.98 Å². The van der Waals surface area contributed by atoms with E-state index in [1.807, 2.05) is 52.0 Å². The van der Waals surface area contributed by atoms with Crippen LogP contribution in [0.15, 0.2) is 42.2 Å². The average Bonchev–Trinajstić information content (AvgIpc) is 3.28. The van der Waals surface area contributed by atoms with Crippen LogP contribution < -0.4 is 4.98 Å². The Morgan fingerprint density at radius 2 is 1.57 bits per heavy atom. The molecular formula is C22H20BF2N2OS2+. The lowest BCUT2D eigenvalue weighted by Gasteiger charge is -2.16. The van der Waals surface area contributed by atoms with Crippen molar-refractivity contribution in [3.05, 3.63) is 78.6 Å². The van der Waals surface area contributed by atoms with E-state index in [9.17, 15) is 13.4 Å². The minimum Gasteiger partial charge on any atom is -0.291 e. The molecule has 3 aromatic rings. The number of allylic oxidation sites excluding steroid dienone is 1. The predicted molar refractivity (Wildman–Crippen MR) is 120 cm³/mol. The molecule has 0 aromatic carbocycles. The number of nitrogens with zero attached hydrogens (tertiary/aromatic N) is 1. The Kier molecular flexibility index (Phi) is 5.47. The lowest BCUT2D eigenvalue weighted by atomic mass is 9.95. The summed E-state index contributed by atoms with van der Waals surface area (Å²) < 4.78 is 28.3. The van der Waals surface area contributed by atoms with Crippen LogP contribution in [0.5, 0.6) is 0 Å². The van der Waals surface area contributed by atoms with Crippen molar-refractivity contribution in [1.29, 1.82) is 0 Å². The first-order chi connectivity index (χ1) is 14.3. The number of H-pyrrole nitrogens is 1. The highest BCUT2D eigenvalue weighted by Gasteiger charge is 2.45. The fraction of sp³-hybridized carbons (Fsp3) is 0.182. The Morgan fingerprint density at radius 1 is 0.967 bits per heavy atom. The van der Waals surface area contributed by atoms with Crippen molar-refractivity contribution >= 4 is 53.2 Å². The van der Waals surface area contributed by atoms with Gasteiger partial charge in [-0.2, -0.15) is 0 Å². The summed E-state index contributed by atoms with van der Waals surface area (Å²) in [6, 6.07) is 9.34. The molecule has 4 heterocycles. The van der Waals surface area contributed by atoms with Gasteiger partial charge in [-0.3, -0.25) is 18.2 Å². The van der Waals surface area contributed by atoms with Crippen LogP contribution in [-0.2, 0) is 4.79 Å². The van der Waals surface area contributed by atoms with Crippen LogP contribution in [0, 0.1) is 27.7 Å². The molecule has 0 radical (unpaired) electrons. The first-order valence-corrected chi connectivity index (χ1v) is 11.1. The zero-order valence-electron chi connectivity index (χ0n) is 17.0. The SMILES string of the molecule is Cc1cc(C2=C(c3cc(C)sc3C)/C(=C/c3cccc[nH+]3)N(B(F)F)C2=O)c(C)s1. The molecule has 0 fully saturated rings. The molecule has 1 N–H and O–H groups in total. The largest absolute Gasteiger partial charge is 0.680 e. The molecule has 3 aromatic heterocycles. The molecule has 0 unspecified atom stereocenters. The number of halogens is 2. The van der Waals surface area contributed by atoms with Crippen LogP contribution >= 0.6 is 22.7 Å². The lowest BCUT2D eigenvalue weighted by Crippen LogP contribution is -2.34. The number of aromatic nitrogens is 1. The number of amides is 1. The number of aryl methyl sites for hydroxylation is 4. The molecule has 1 amide bonds. The number of pyridine rings is 1. The van der Waals surface area contributed by atoms with Crippen LogP contribution in [0.25, 0.3) is 17.2 Å². The summed E-state index contributed by atoms with van der Waals surface area (Å²) in [6.07, 6.45) is 3.36. The van der Waals surface area contributed by atoms with Gasteiger partial charge in [0.25, 0.3) is 5.91 Å². The third-order valence-corrected chi connectivity index (χ3v) is 6.97. The molecular weight excluding hydrogens is 421 g/mol. The molecule has 152 valence electrons. The molecule has 1 aliphatic rings. The average molecular weight is 441 g/mol. The standard InChI is InChI=1S/C22H19BF2N2OS2/c1-12-9-17(14(3)29-12)20-19(11-16-7-5-6-8-26-16)27(23(24)25)22(28)21(20)18-10-13(2)30-15(18)4/h5-11H,1-4H3/p+1/b19-11-. The summed E-state index contributed by atoms with van der Waals surface area (Å²) in [5, 5.41) is 0. The molecule has 3 nitrogen and oxygen atoms in total. The summed E-state index contributed by atoms with van der Waals surface area (Å²) >= 11 is 3.16. The maximum absolute atomic E-state index is 14.2. The highest BCUT2D eigenvalue weighted by atomic mass is 32.1. The normalized spacial score (nSPS) is 15.6. The third kappa shape index (κ3) is 3.54. The minimum atomic E-state index is -2.94. The predicted octanol–water partition coefficient (Wildman–Crippen LogP) is 5.58. The number of nitrogens with one attached hydrogen (secondary N) is 1. The molecule has 0 aliphatic carbocycles. The first-order valence-electron chi connectivity index (χ1n) is 9.47. The first kappa shape index (κ1) is 20.7. The van der Waals surface area contributed by atoms with Crippen molar-refractivity contribution in [3.8, 4) is 0 Å². The van der Waals surface area contributed by atoms with E-state index in [0.717, 1.165) is 30.6 Å². The Bertz CT molecular complexity index is 1200. The van der Waals surface area contributed by atoms with E-state index in [-0.39, 0.29) is 5.70 Å². The summed E-state index contributed by atoms with van der Waals surface area (Å²) in [4.78, 5) is 21.1. The topological polar surface area (TPSA) is 34.5 Å².